The summed E-state index contributed by atoms with van der Waals surface area (Å²) in [7, 11) is 3.03. The maximum atomic E-state index is 12.9. The van der Waals surface area contributed by atoms with E-state index in [-0.39, 0.29) is 5.91 Å². The number of aryl methyl sites for hydroxylation is 2. The zero-order chi connectivity index (χ0) is 19.8. The van der Waals surface area contributed by atoms with Crippen molar-refractivity contribution in [3.8, 4) is 11.5 Å². The second-order valence-electron chi connectivity index (χ2n) is 6.64. The molecule has 0 aliphatic heterocycles. The van der Waals surface area contributed by atoms with Crippen molar-refractivity contribution >= 4 is 50.4 Å². The molecule has 0 unspecified atom stereocenters. The normalized spacial score (nSPS) is 13.2. The second kappa shape index (κ2) is 7.48. The van der Waals surface area contributed by atoms with Crippen molar-refractivity contribution < 1.29 is 14.3 Å². The molecule has 0 atom stereocenters. The van der Waals surface area contributed by atoms with Crippen molar-refractivity contribution in [1.29, 1.82) is 0 Å². The average molecular weight is 418 g/mol. The van der Waals surface area contributed by atoms with E-state index in [1.165, 1.54) is 31.1 Å². The predicted molar refractivity (Wildman–Crippen MR) is 113 cm³/mol. The summed E-state index contributed by atoms with van der Waals surface area (Å²) in [6, 6.07) is 5.31. The number of anilines is 2. The molecular formula is C20H20ClN3O3S. The van der Waals surface area contributed by atoms with E-state index >= 15 is 0 Å². The first-order valence-electron chi connectivity index (χ1n) is 8.95. The minimum Gasteiger partial charge on any atom is -0.495 e. The van der Waals surface area contributed by atoms with E-state index in [1.54, 1.807) is 12.1 Å². The number of aromatic nitrogens is 1. The number of nitrogens with one attached hydrogen (secondary N) is 1. The van der Waals surface area contributed by atoms with E-state index in [0.29, 0.717) is 32.8 Å². The lowest BCUT2D eigenvalue weighted by atomic mass is 9.95. The molecule has 28 heavy (non-hydrogen) atoms. The Labute approximate surface area is 171 Å². The summed E-state index contributed by atoms with van der Waals surface area (Å²) >= 11 is 7.49. The highest BCUT2D eigenvalue weighted by Crippen LogP contribution is 2.38. The van der Waals surface area contributed by atoms with Crippen molar-refractivity contribution in [2.75, 3.05) is 25.3 Å². The summed E-state index contributed by atoms with van der Waals surface area (Å²) in [5.41, 5.74) is 9.56. The maximum Gasteiger partial charge on any atom is 0.268 e. The summed E-state index contributed by atoms with van der Waals surface area (Å²) in [6.07, 6.45) is 4.30. The molecule has 146 valence electrons. The van der Waals surface area contributed by atoms with Gasteiger partial charge in [-0.3, -0.25) is 4.79 Å². The fraction of sp³-hybridized carbons (Fsp3) is 0.300. The van der Waals surface area contributed by atoms with E-state index in [9.17, 15) is 4.79 Å². The summed E-state index contributed by atoms with van der Waals surface area (Å²) in [5, 5.41) is 4.06. The number of pyridine rings is 1. The van der Waals surface area contributed by atoms with Gasteiger partial charge in [0.1, 0.15) is 21.2 Å². The molecule has 0 radical (unpaired) electrons. The van der Waals surface area contributed by atoms with Gasteiger partial charge in [-0.05, 0) is 43.4 Å². The number of rotatable bonds is 4. The third kappa shape index (κ3) is 3.25. The van der Waals surface area contributed by atoms with Crippen LogP contribution in [0.3, 0.4) is 0 Å². The first-order valence-corrected chi connectivity index (χ1v) is 10.1. The van der Waals surface area contributed by atoms with Gasteiger partial charge in [-0.25, -0.2) is 4.98 Å². The van der Waals surface area contributed by atoms with Crippen molar-refractivity contribution in [3.63, 3.8) is 0 Å². The molecule has 1 aliphatic rings. The summed E-state index contributed by atoms with van der Waals surface area (Å²) in [5.74, 6) is 0.591. The number of carbonyl (C=O) groups excluding carboxylic acids is 1. The van der Waals surface area contributed by atoms with Gasteiger partial charge in [0.25, 0.3) is 5.91 Å². The molecule has 0 bridgehead atoms. The molecule has 3 N–H and O–H groups in total. The van der Waals surface area contributed by atoms with Crippen LogP contribution in [0.4, 0.5) is 11.4 Å². The molecule has 0 saturated carbocycles. The van der Waals surface area contributed by atoms with Gasteiger partial charge in [-0.15, -0.1) is 11.3 Å². The highest BCUT2D eigenvalue weighted by Gasteiger charge is 2.22. The van der Waals surface area contributed by atoms with Crippen LogP contribution >= 0.6 is 22.9 Å². The van der Waals surface area contributed by atoms with Crippen molar-refractivity contribution in [2.45, 2.75) is 25.7 Å². The van der Waals surface area contributed by atoms with Crippen LogP contribution in [0.2, 0.25) is 5.02 Å². The quantitative estimate of drug-likeness (QED) is 0.643. The number of nitrogens with two attached hydrogens (primary N) is 1. The largest absolute Gasteiger partial charge is 0.495 e. The Hall–Kier alpha value is -2.51. The number of halogens is 1. The lowest BCUT2D eigenvalue weighted by Crippen LogP contribution is -2.13. The van der Waals surface area contributed by atoms with E-state index < -0.39 is 0 Å². The fourth-order valence-electron chi connectivity index (χ4n) is 3.46. The van der Waals surface area contributed by atoms with Crippen LogP contribution in [0.15, 0.2) is 18.2 Å². The summed E-state index contributed by atoms with van der Waals surface area (Å²) < 4.78 is 10.5. The number of hydrogen-bond donors (Lipinski definition) is 2. The SMILES string of the molecule is COc1cc(OC)c(NC(=O)c2sc3nc4c(cc3c2N)CCCC4)cc1Cl. The van der Waals surface area contributed by atoms with E-state index in [2.05, 4.69) is 11.4 Å². The molecule has 0 fully saturated rings. The molecule has 0 spiro atoms. The first kappa shape index (κ1) is 18.8. The number of methoxy groups -OCH3 is 2. The zero-order valence-corrected chi connectivity index (χ0v) is 17.2. The molecular weight excluding hydrogens is 398 g/mol. The van der Waals surface area contributed by atoms with E-state index in [4.69, 9.17) is 31.8 Å². The fourth-order valence-corrected chi connectivity index (χ4v) is 4.70. The first-order chi connectivity index (χ1) is 13.5. The van der Waals surface area contributed by atoms with Crippen LogP contribution < -0.4 is 20.5 Å². The molecule has 1 aromatic carbocycles. The second-order valence-corrected chi connectivity index (χ2v) is 8.05. The minimum absolute atomic E-state index is 0.321. The van der Waals surface area contributed by atoms with E-state index in [0.717, 1.165) is 41.6 Å². The van der Waals surface area contributed by atoms with Crippen LogP contribution in [0.1, 0.15) is 33.8 Å². The predicted octanol–water partition coefficient (Wildman–Crippen LogP) is 4.68. The molecule has 0 saturated heterocycles. The average Bonchev–Trinajstić information content (AvgIpc) is 3.02. The Balaban J connectivity index is 1.70. The summed E-state index contributed by atoms with van der Waals surface area (Å²) in [6.45, 7) is 0. The number of hydrogen-bond acceptors (Lipinski definition) is 6. The van der Waals surface area contributed by atoms with Gasteiger partial charge < -0.3 is 20.5 Å². The van der Waals surface area contributed by atoms with Gasteiger partial charge in [-0.1, -0.05) is 11.6 Å². The lowest BCUT2D eigenvalue weighted by Gasteiger charge is -2.14. The van der Waals surface area contributed by atoms with Gasteiger partial charge in [0.2, 0.25) is 0 Å². The van der Waals surface area contributed by atoms with Crippen molar-refractivity contribution in [3.05, 3.63) is 39.4 Å². The smallest absolute Gasteiger partial charge is 0.268 e. The Morgan fingerprint density at radius 2 is 1.93 bits per heavy atom. The minimum atomic E-state index is -0.321. The van der Waals surface area contributed by atoms with Gasteiger partial charge in [0.05, 0.1) is 30.6 Å². The van der Waals surface area contributed by atoms with Crippen molar-refractivity contribution in [1.82, 2.24) is 4.98 Å². The van der Waals surface area contributed by atoms with Gasteiger partial charge in [-0.2, -0.15) is 0 Å². The van der Waals surface area contributed by atoms with Crippen LogP contribution in [0.25, 0.3) is 10.2 Å². The van der Waals surface area contributed by atoms with Gasteiger partial charge in [0.15, 0.2) is 0 Å². The van der Waals surface area contributed by atoms with Crippen LogP contribution in [0.5, 0.6) is 11.5 Å². The third-order valence-corrected chi connectivity index (χ3v) is 6.34. The standard InChI is InChI=1S/C20H20ClN3O3S/c1-26-15-9-16(27-2)14(8-12(15)21)23-19(25)18-17(22)11-7-10-5-3-4-6-13(10)24-20(11)28-18/h7-9H,3-6,22H2,1-2H3,(H,23,25). The molecule has 4 rings (SSSR count). The van der Waals surface area contributed by atoms with Gasteiger partial charge in [0, 0.05) is 17.1 Å². The maximum absolute atomic E-state index is 12.9. The number of ether oxygens (including phenoxy) is 2. The number of benzene rings is 1. The lowest BCUT2D eigenvalue weighted by molar-refractivity contribution is 0.103. The topological polar surface area (TPSA) is 86.5 Å². The van der Waals surface area contributed by atoms with Crippen LogP contribution in [-0.2, 0) is 12.8 Å². The van der Waals surface area contributed by atoms with Gasteiger partial charge >= 0.3 is 0 Å². The zero-order valence-electron chi connectivity index (χ0n) is 15.6. The molecule has 3 aromatic rings. The van der Waals surface area contributed by atoms with Crippen LogP contribution in [0, 0.1) is 0 Å². The van der Waals surface area contributed by atoms with E-state index in [1.807, 2.05) is 0 Å². The number of fused-ring (bicyclic) bond motifs is 2. The molecule has 6 nitrogen and oxygen atoms in total. The summed E-state index contributed by atoms with van der Waals surface area (Å²) in [4.78, 5) is 18.9. The Morgan fingerprint density at radius 1 is 1.18 bits per heavy atom. The highest BCUT2D eigenvalue weighted by atomic mass is 35.5. The number of thiophene rings is 1. The molecule has 2 heterocycles. The highest BCUT2D eigenvalue weighted by molar-refractivity contribution is 7.21. The molecule has 2 aromatic heterocycles. The molecule has 8 heteroatoms. The molecule has 1 amide bonds. The van der Waals surface area contributed by atoms with Crippen LogP contribution in [-0.4, -0.2) is 25.1 Å². The Bertz CT molecular complexity index is 1080. The number of nitrogens with zero attached hydrogens (tertiary/aromatic N) is 1. The number of nitrogen functional groups attached to an aromatic ring is 1. The Kier molecular flexibility index (Phi) is 5.03. The van der Waals surface area contributed by atoms with Crippen molar-refractivity contribution in [2.24, 2.45) is 0 Å². The Morgan fingerprint density at radius 3 is 2.68 bits per heavy atom. The number of amides is 1. The molecule has 1 aliphatic carbocycles. The monoisotopic (exact) mass is 417 g/mol. The third-order valence-electron chi connectivity index (χ3n) is 4.93. The number of carbonyl (C=O) groups is 1.